The predicted molar refractivity (Wildman–Crippen MR) is 104 cm³/mol. The lowest BCUT2D eigenvalue weighted by Crippen LogP contribution is -2.39. The van der Waals surface area contributed by atoms with Crippen LogP contribution in [0.4, 0.5) is 0 Å². The molecule has 8 heteroatoms. The lowest BCUT2D eigenvalue weighted by atomic mass is 9.94. The Balaban J connectivity index is 1.67. The summed E-state index contributed by atoms with van der Waals surface area (Å²) in [5, 5.41) is 3.34. The van der Waals surface area contributed by atoms with Crippen LogP contribution in [0.3, 0.4) is 0 Å². The fraction of sp³-hybridized carbons (Fsp3) is 0.611. The maximum Gasteiger partial charge on any atom is 0.331 e. The van der Waals surface area contributed by atoms with Crippen LogP contribution in [0.15, 0.2) is 15.7 Å². The normalized spacial score (nSPS) is 15.7. The van der Waals surface area contributed by atoms with E-state index < -0.39 is 0 Å². The first-order chi connectivity index (χ1) is 12.4. The number of carbonyl (C=O) groups is 1. The molecule has 2 aromatic heterocycles. The van der Waals surface area contributed by atoms with Crippen molar-refractivity contribution in [1.29, 1.82) is 0 Å². The summed E-state index contributed by atoms with van der Waals surface area (Å²) < 4.78 is 2.48. The van der Waals surface area contributed by atoms with Gasteiger partial charge in [-0.05, 0) is 26.0 Å². The van der Waals surface area contributed by atoms with Crippen LogP contribution >= 0.6 is 11.3 Å². The van der Waals surface area contributed by atoms with Crippen LogP contribution in [0.25, 0.3) is 10.2 Å². The SMILES string of the molecule is CN(CCNC(=O)c1cc2c(=O)n(C)c(=O)n(C)c2s1)C1CCCCC1. The monoisotopic (exact) mass is 378 g/mol. The van der Waals surface area contributed by atoms with E-state index in [0.29, 0.717) is 27.7 Å². The largest absolute Gasteiger partial charge is 0.350 e. The van der Waals surface area contributed by atoms with Gasteiger partial charge in [0.2, 0.25) is 0 Å². The zero-order valence-corrected chi connectivity index (χ0v) is 16.4. The van der Waals surface area contributed by atoms with Gasteiger partial charge in [-0.25, -0.2) is 4.79 Å². The van der Waals surface area contributed by atoms with Crippen LogP contribution in [0, 0.1) is 0 Å². The number of aryl methyl sites for hydroxylation is 1. The Morgan fingerprint density at radius 2 is 1.92 bits per heavy atom. The Morgan fingerprint density at radius 3 is 2.62 bits per heavy atom. The standard InChI is InChI=1S/C18H26N4O3S/c1-20(12-7-5-4-6-8-12)10-9-19-15(23)14-11-13-16(24)21(2)18(25)22(3)17(13)26-14/h11-12H,4-10H2,1-3H3,(H,19,23). The summed E-state index contributed by atoms with van der Waals surface area (Å²) >= 11 is 1.18. The minimum atomic E-state index is -0.384. The summed E-state index contributed by atoms with van der Waals surface area (Å²) in [5.74, 6) is -0.197. The van der Waals surface area contributed by atoms with Crippen molar-refractivity contribution in [1.82, 2.24) is 19.4 Å². The minimum Gasteiger partial charge on any atom is -0.350 e. The number of rotatable bonds is 5. The highest BCUT2D eigenvalue weighted by atomic mass is 32.1. The number of likely N-dealkylation sites (N-methyl/N-ethyl adjacent to an activating group) is 1. The van der Waals surface area contributed by atoms with Crippen molar-refractivity contribution in [3.63, 3.8) is 0 Å². The Morgan fingerprint density at radius 1 is 1.23 bits per heavy atom. The van der Waals surface area contributed by atoms with Gasteiger partial charge in [0.05, 0.1) is 10.3 Å². The van der Waals surface area contributed by atoms with Gasteiger partial charge in [-0.2, -0.15) is 0 Å². The second-order valence-electron chi connectivity index (χ2n) is 7.06. The second-order valence-corrected chi connectivity index (χ2v) is 8.09. The Bertz CT molecular complexity index is 921. The first kappa shape index (κ1) is 18.8. The maximum atomic E-state index is 12.4. The topological polar surface area (TPSA) is 76.3 Å². The van der Waals surface area contributed by atoms with Crippen LogP contribution in [0.5, 0.6) is 0 Å². The van der Waals surface area contributed by atoms with E-state index in [1.165, 1.54) is 55.1 Å². The number of nitrogens with one attached hydrogen (secondary N) is 1. The molecule has 1 amide bonds. The molecule has 1 aliphatic rings. The third-order valence-corrected chi connectivity index (χ3v) is 6.51. The van der Waals surface area contributed by atoms with Crippen LogP contribution < -0.4 is 16.6 Å². The van der Waals surface area contributed by atoms with Gasteiger partial charge in [0.15, 0.2) is 0 Å². The van der Waals surface area contributed by atoms with Gasteiger partial charge < -0.3 is 10.2 Å². The Kier molecular flexibility index (Phi) is 5.62. The van der Waals surface area contributed by atoms with Crippen LogP contribution in [-0.2, 0) is 14.1 Å². The molecule has 1 saturated carbocycles. The Hall–Kier alpha value is -1.93. The van der Waals surface area contributed by atoms with Gasteiger partial charge in [0.25, 0.3) is 11.5 Å². The van der Waals surface area contributed by atoms with Crippen LogP contribution in [-0.4, -0.2) is 46.1 Å². The Labute approximate surface area is 156 Å². The number of hydrogen-bond donors (Lipinski definition) is 1. The van der Waals surface area contributed by atoms with Gasteiger partial charge in [-0.3, -0.25) is 18.7 Å². The van der Waals surface area contributed by atoms with E-state index in [2.05, 4.69) is 17.3 Å². The van der Waals surface area contributed by atoms with Crippen molar-refractivity contribution in [3.8, 4) is 0 Å². The summed E-state index contributed by atoms with van der Waals surface area (Å²) in [4.78, 5) is 40.0. The number of hydrogen-bond acceptors (Lipinski definition) is 5. The molecule has 142 valence electrons. The highest BCUT2D eigenvalue weighted by Crippen LogP contribution is 2.22. The summed E-state index contributed by atoms with van der Waals surface area (Å²) in [6.45, 7) is 1.37. The number of thiophene rings is 1. The lowest BCUT2D eigenvalue weighted by molar-refractivity contribution is 0.0948. The molecular weight excluding hydrogens is 352 g/mol. The predicted octanol–water partition coefficient (Wildman–Crippen LogP) is 1.29. The second kappa shape index (κ2) is 7.75. The molecule has 2 heterocycles. The fourth-order valence-electron chi connectivity index (χ4n) is 3.61. The van der Waals surface area contributed by atoms with E-state index >= 15 is 0 Å². The molecule has 1 N–H and O–H groups in total. The van der Waals surface area contributed by atoms with Gasteiger partial charge in [-0.1, -0.05) is 19.3 Å². The first-order valence-electron chi connectivity index (χ1n) is 9.08. The summed E-state index contributed by atoms with van der Waals surface area (Å²) in [6.07, 6.45) is 6.37. The zero-order chi connectivity index (χ0) is 18.8. The maximum absolute atomic E-state index is 12.4. The van der Waals surface area contributed by atoms with E-state index in [4.69, 9.17) is 0 Å². The minimum absolute atomic E-state index is 0.197. The van der Waals surface area contributed by atoms with Crippen molar-refractivity contribution in [3.05, 3.63) is 31.8 Å². The van der Waals surface area contributed by atoms with Crippen LogP contribution in [0.1, 0.15) is 41.8 Å². The number of amides is 1. The van der Waals surface area contributed by atoms with Crippen molar-refractivity contribution >= 4 is 27.5 Å². The third kappa shape index (κ3) is 3.61. The highest BCUT2D eigenvalue weighted by molar-refractivity contribution is 7.20. The van der Waals surface area contributed by atoms with E-state index in [1.807, 2.05) is 0 Å². The molecule has 0 aromatic carbocycles. The van der Waals surface area contributed by atoms with Gasteiger partial charge in [0.1, 0.15) is 4.83 Å². The average molecular weight is 378 g/mol. The fourth-order valence-corrected chi connectivity index (χ4v) is 4.63. The van der Waals surface area contributed by atoms with E-state index in [1.54, 1.807) is 13.1 Å². The summed E-state index contributed by atoms with van der Waals surface area (Å²) in [5.41, 5.74) is -0.749. The molecule has 7 nitrogen and oxygen atoms in total. The van der Waals surface area contributed by atoms with E-state index in [9.17, 15) is 14.4 Å². The van der Waals surface area contributed by atoms with Gasteiger partial charge in [-0.15, -0.1) is 11.3 Å². The average Bonchev–Trinajstić information content (AvgIpc) is 3.11. The molecule has 0 bridgehead atoms. The molecule has 26 heavy (non-hydrogen) atoms. The quantitative estimate of drug-likeness (QED) is 0.851. The first-order valence-corrected chi connectivity index (χ1v) is 9.90. The van der Waals surface area contributed by atoms with Gasteiger partial charge in [0, 0.05) is 33.2 Å². The van der Waals surface area contributed by atoms with Crippen LogP contribution in [0.2, 0.25) is 0 Å². The summed E-state index contributed by atoms with van der Waals surface area (Å²) in [7, 11) is 5.17. The van der Waals surface area contributed by atoms with E-state index in [-0.39, 0.29) is 17.2 Å². The molecule has 0 saturated heterocycles. The number of nitrogens with zero attached hydrogens (tertiary/aromatic N) is 3. The molecule has 0 spiro atoms. The van der Waals surface area contributed by atoms with Crippen molar-refractivity contribution in [2.45, 2.75) is 38.1 Å². The lowest BCUT2D eigenvalue weighted by Gasteiger charge is -2.31. The number of carbonyl (C=O) groups excluding carboxylic acids is 1. The molecule has 3 rings (SSSR count). The molecular formula is C18H26N4O3S. The zero-order valence-electron chi connectivity index (χ0n) is 15.6. The van der Waals surface area contributed by atoms with E-state index in [0.717, 1.165) is 11.1 Å². The molecule has 1 aliphatic carbocycles. The highest BCUT2D eigenvalue weighted by Gasteiger charge is 2.19. The molecule has 1 fully saturated rings. The molecule has 0 unspecified atom stereocenters. The van der Waals surface area contributed by atoms with Crippen molar-refractivity contribution in [2.24, 2.45) is 14.1 Å². The number of aromatic nitrogens is 2. The third-order valence-electron chi connectivity index (χ3n) is 5.30. The van der Waals surface area contributed by atoms with Gasteiger partial charge >= 0.3 is 5.69 Å². The molecule has 0 radical (unpaired) electrons. The van der Waals surface area contributed by atoms with Crippen molar-refractivity contribution < 1.29 is 4.79 Å². The molecule has 2 aromatic rings. The molecule has 0 aliphatic heterocycles. The summed E-state index contributed by atoms with van der Waals surface area (Å²) in [6, 6.07) is 2.20. The number of fused-ring (bicyclic) bond motifs is 1. The molecule has 0 atom stereocenters. The smallest absolute Gasteiger partial charge is 0.331 e. The van der Waals surface area contributed by atoms with Crippen molar-refractivity contribution in [2.75, 3.05) is 20.1 Å².